The van der Waals surface area contributed by atoms with Crippen molar-refractivity contribution in [3.8, 4) is 0 Å². The monoisotopic (exact) mass is 426 g/mol. The summed E-state index contributed by atoms with van der Waals surface area (Å²) in [5.74, 6) is 0. The predicted molar refractivity (Wildman–Crippen MR) is 0.686 cm³/mol. The molecule has 4 heavy (non-hydrogen) atoms. The van der Waals surface area contributed by atoms with Gasteiger partial charge < -0.3 is 5.48 Å². The van der Waals surface area contributed by atoms with Gasteiger partial charge in [-0.2, -0.15) is 0 Å². The van der Waals surface area contributed by atoms with Crippen LogP contribution in [0, 0.1) is 41.7 Å². The molecule has 0 bridgehead atoms. The summed E-state index contributed by atoms with van der Waals surface area (Å²) in [4.78, 5) is 0. The first-order valence-corrected chi connectivity index (χ1v) is 0. The Morgan fingerprint density at radius 2 is 1.00 bits per heavy atom. The molecule has 0 aromatic rings. The van der Waals surface area contributed by atoms with Gasteiger partial charge in [0.1, 0.15) is 0 Å². The Balaban J connectivity index is 0. The molecule has 4 heteroatoms. The summed E-state index contributed by atoms with van der Waals surface area (Å²) in [6, 6.07) is 0. The predicted octanol–water partition coefficient (Wildman–Crippen LogP) is -0.124. The minimum Gasteiger partial charge on any atom is -2.00 e. The van der Waals surface area contributed by atoms with E-state index in [-0.39, 0.29) is 99.3 Å². The molecule has 0 aromatic carbocycles. The van der Waals surface area contributed by atoms with E-state index in [4.69, 9.17) is 0 Å². The Labute approximate surface area is 96.9 Å². The van der Waals surface area contributed by atoms with Gasteiger partial charge in [0.2, 0.25) is 0 Å². The molecule has 0 fully saturated rings. The van der Waals surface area contributed by atoms with E-state index < -0.39 is 0 Å². The van der Waals surface area contributed by atoms with Crippen LogP contribution in [-0.2, 0) is 57.5 Å². The van der Waals surface area contributed by atoms with Gasteiger partial charge in [-0.15, -0.1) is 0 Å². The molecule has 0 spiro atoms. The van der Waals surface area contributed by atoms with Crippen LogP contribution in [-0.4, -0.2) is 0 Å². The third-order valence-electron chi connectivity index (χ3n) is 0. The van der Waals surface area contributed by atoms with Gasteiger partial charge in [-0.25, -0.2) is 0 Å². The van der Waals surface area contributed by atoms with E-state index in [2.05, 4.69) is 0 Å². The second-order valence-electron chi connectivity index (χ2n) is 0. The maximum absolute atomic E-state index is 0. The Morgan fingerprint density at radius 1 is 1.00 bits per heavy atom. The van der Waals surface area contributed by atoms with Gasteiger partial charge in [0, 0.05) is 0 Å². The maximum atomic E-state index is 0. The molecule has 0 aliphatic carbocycles. The molecule has 0 saturated heterocycles. The van der Waals surface area contributed by atoms with Gasteiger partial charge in [0.15, 0.2) is 0 Å². The van der Waals surface area contributed by atoms with Crippen LogP contribution in [0.15, 0.2) is 0 Å². The fourth-order valence-corrected chi connectivity index (χ4v) is 0. The molecule has 0 unspecified atom stereocenters. The Bertz CT molecular complexity index is 8.00. The van der Waals surface area contributed by atoms with Crippen LogP contribution in [0.3, 0.4) is 0 Å². The van der Waals surface area contributed by atoms with Gasteiger partial charge in [0.05, 0.1) is 0 Å². The van der Waals surface area contributed by atoms with Crippen LogP contribution >= 0.6 is 0 Å². The van der Waals surface area contributed by atoms with Crippen molar-refractivity contribution in [2.24, 2.45) is 0 Å². The van der Waals surface area contributed by atoms with Crippen LogP contribution < -0.4 is 0 Å². The Morgan fingerprint density at radius 3 is 1.00 bits per heavy atom. The Hall–Kier alpha value is 3.09. The van der Waals surface area contributed by atoms with Crippen LogP contribution in [0.25, 0.3) is 0 Å². The molecular formula is CeHfOZr+9. The van der Waals surface area contributed by atoms with Crippen LogP contribution in [0.4, 0.5) is 0 Å². The molecule has 1 radical (unpaired) electrons. The summed E-state index contributed by atoms with van der Waals surface area (Å²) in [5, 5.41) is 0. The molecule has 0 aromatic heterocycles. The van der Waals surface area contributed by atoms with Gasteiger partial charge in [0.25, 0.3) is 0 Å². The summed E-state index contributed by atoms with van der Waals surface area (Å²) in [6.07, 6.45) is 0. The van der Waals surface area contributed by atoms with E-state index in [0.29, 0.717) is 0 Å². The summed E-state index contributed by atoms with van der Waals surface area (Å²) < 4.78 is 0. The van der Waals surface area contributed by atoms with Gasteiger partial charge >= 0.3 is 93.8 Å². The molecule has 0 amide bonds. The molecule has 0 atom stereocenters. The minimum atomic E-state index is 0. The fraction of sp³-hybridized carbons (Fsp3) is 0. The second kappa shape index (κ2) is 16.5. The first-order chi connectivity index (χ1) is 0. The summed E-state index contributed by atoms with van der Waals surface area (Å²) in [6.45, 7) is 0. The summed E-state index contributed by atoms with van der Waals surface area (Å²) >= 11 is 0. The molecule has 0 heterocycles. The summed E-state index contributed by atoms with van der Waals surface area (Å²) in [5.41, 5.74) is 0. The van der Waals surface area contributed by atoms with Gasteiger partial charge in [-0.3, -0.25) is 0 Å². The SMILES string of the molecule is [Ce+3].[Hf+4].[O-2].[Zr+4]. The zero-order chi connectivity index (χ0) is 0. The normalized spacial score (nSPS) is 0. The van der Waals surface area contributed by atoms with Crippen molar-refractivity contribution in [1.82, 2.24) is 0 Å². The number of hydrogen-bond acceptors (Lipinski definition) is 0. The largest absolute Gasteiger partial charge is 4.00 e. The van der Waals surface area contributed by atoms with E-state index in [9.17, 15) is 0 Å². The quantitative estimate of drug-likeness (QED) is 0.484. The van der Waals surface area contributed by atoms with E-state index in [1.165, 1.54) is 0 Å². The molecule has 1 nitrogen and oxygen atoms in total. The van der Waals surface area contributed by atoms with Crippen LogP contribution in [0.1, 0.15) is 0 Å². The maximum Gasteiger partial charge on any atom is 4.00 e. The third-order valence-corrected chi connectivity index (χ3v) is 0. The van der Waals surface area contributed by atoms with E-state index >= 15 is 0 Å². The van der Waals surface area contributed by atoms with Crippen molar-refractivity contribution in [3.05, 3.63) is 0 Å². The van der Waals surface area contributed by atoms with E-state index in [0.717, 1.165) is 0 Å². The first kappa shape index (κ1) is 27.5. The minimum absolute atomic E-state index is 0. The molecule has 0 N–H and O–H groups in total. The standard InChI is InChI=1S/Ce.Hf.O.Zr/q+3;+4;-2;+4. The fourth-order valence-electron chi connectivity index (χ4n) is 0. The smallest absolute Gasteiger partial charge is 2.00 e. The molecule has 0 rings (SSSR count). The van der Waals surface area contributed by atoms with Gasteiger partial charge in [-0.05, 0) is 0 Å². The number of rotatable bonds is 0. The van der Waals surface area contributed by atoms with Crippen molar-refractivity contribution in [3.63, 3.8) is 0 Å². The first-order valence-electron chi connectivity index (χ1n) is 0. The van der Waals surface area contributed by atoms with Crippen molar-refractivity contribution >= 4 is 0 Å². The number of hydrogen-bond donors (Lipinski definition) is 0. The van der Waals surface area contributed by atoms with Gasteiger partial charge in [-0.1, -0.05) is 0 Å². The van der Waals surface area contributed by atoms with Crippen molar-refractivity contribution in [2.45, 2.75) is 0 Å². The van der Waals surface area contributed by atoms with Crippen molar-refractivity contribution in [2.75, 3.05) is 0 Å². The van der Waals surface area contributed by atoms with E-state index in [1.807, 2.05) is 0 Å². The van der Waals surface area contributed by atoms with E-state index in [1.54, 1.807) is 0 Å². The van der Waals surface area contributed by atoms with Crippen LogP contribution in [0.2, 0.25) is 0 Å². The third kappa shape index (κ3) is 8.92. The second-order valence-corrected chi connectivity index (χ2v) is 0. The zero-order valence-corrected chi connectivity index (χ0v) is 11.1. The molecular weight excluding hydrogens is 426 g/mol. The molecule has 0 aliphatic rings. The Kier molecular flexibility index (Phi) is 114. The summed E-state index contributed by atoms with van der Waals surface area (Å²) in [7, 11) is 0. The zero-order valence-electron chi connectivity index (χ0n) is 1.91. The van der Waals surface area contributed by atoms with Crippen molar-refractivity contribution < 1.29 is 99.3 Å². The average molecular weight is 426 g/mol. The molecule has 9 valence electrons. The van der Waals surface area contributed by atoms with Crippen LogP contribution in [0.5, 0.6) is 0 Å². The molecule has 0 aliphatic heterocycles. The topological polar surface area (TPSA) is 28.5 Å². The van der Waals surface area contributed by atoms with Crippen molar-refractivity contribution in [1.29, 1.82) is 0 Å². The molecule has 0 saturated carbocycles. The average Bonchev–Trinajstić information content (AvgIpc) is 0.